The van der Waals surface area contributed by atoms with Crippen molar-refractivity contribution in [1.29, 1.82) is 0 Å². The third-order valence-corrected chi connectivity index (χ3v) is 1.72. The molecule has 1 heterocycles. The Morgan fingerprint density at radius 1 is 1.64 bits per heavy atom. The lowest BCUT2D eigenvalue weighted by molar-refractivity contribution is 0.144. The van der Waals surface area contributed by atoms with E-state index < -0.39 is 18.7 Å². The summed E-state index contributed by atoms with van der Waals surface area (Å²) in [5, 5.41) is 8.84. The number of alkyl halides is 2. The summed E-state index contributed by atoms with van der Waals surface area (Å²) >= 11 is 0. The number of rotatable bonds is 3. The van der Waals surface area contributed by atoms with Crippen LogP contribution in [0.4, 0.5) is 14.5 Å². The molecule has 0 radical (unpaired) electrons. The standard InChI is InChI=1S/C8H10F2N2O2/c1-14-8-6(11)4(3-13)2-5(12-8)7(9)10/h2,7,13H,3,11H2,1H3. The maximum atomic E-state index is 12.3. The molecule has 0 aliphatic carbocycles. The molecule has 0 amide bonds. The van der Waals surface area contributed by atoms with Crippen LogP contribution in [0.1, 0.15) is 17.7 Å². The third-order valence-electron chi connectivity index (χ3n) is 1.72. The number of halogens is 2. The maximum absolute atomic E-state index is 12.3. The summed E-state index contributed by atoms with van der Waals surface area (Å²) in [5.41, 5.74) is 5.29. The van der Waals surface area contributed by atoms with E-state index >= 15 is 0 Å². The highest BCUT2D eigenvalue weighted by Gasteiger charge is 2.15. The number of ether oxygens (including phenoxy) is 1. The molecule has 0 aliphatic heterocycles. The topological polar surface area (TPSA) is 68.4 Å². The number of pyridine rings is 1. The second kappa shape index (κ2) is 4.19. The molecule has 0 unspecified atom stereocenters. The first-order valence-corrected chi connectivity index (χ1v) is 3.82. The molecule has 0 atom stereocenters. The molecule has 14 heavy (non-hydrogen) atoms. The molecule has 0 saturated heterocycles. The van der Waals surface area contributed by atoms with Gasteiger partial charge < -0.3 is 15.6 Å². The van der Waals surface area contributed by atoms with Crippen molar-refractivity contribution >= 4 is 5.69 Å². The van der Waals surface area contributed by atoms with Gasteiger partial charge >= 0.3 is 0 Å². The molecular weight excluding hydrogens is 194 g/mol. The van der Waals surface area contributed by atoms with Crippen molar-refractivity contribution in [1.82, 2.24) is 4.98 Å². The van der Waals surface area contributed by atoms with Gasteiger partial charge in [-0.25, -0.2) is 13.8 Å². The van der Waals surface area contributed by atoms with E-state index in [4.69, 9.17) is 15.6 Å². The van der Waals surface area contributed by atoms with Gasteiger partial charge in [0.05, 0.1) is 13.7 Å². The van der Waals surface area contributed by atoms with E-state index in [9.17, 15) is 8.78 Å². The Balaban J connectivity index is 3.25. The van der Waals surface area contributed by atoms with E-state index in [1.165, 1.54) is 7.11 Å². The zero-order valence-electron chi connectivity index (χ0n) is 7.50. The number of methoxy groups -OCH3 is 1. The second-order valence-corrected chi connectivity index (χ2v) is 2.59. The zero-order chi connectivity index (χ0) is 10.7. The van der Waals surface area contributed by atoms with Crippen molar-refractivity contribution in [2.45, 2.75) is 13.0 Å². The maximum Gasteiger partial charge on any atom is 0.280 e. The summed E-state index contributed by atoms with van der Waals surface area (Å²) in [6.45, 7) is -0.426. The first-order chi connectivity index (χ1) is 6.60. The molecule has 6 heteroatoms. The normalized spacial score (nSPS) is 10.6. The van der Waals surface area contributed by atoms with Crippen molar-refractivity contribution in [2.24, 2.45) is 0 Å². The number of aliphatic hydroxyl groups is 1. The van der Waals surface area contributed by atoms with Crippen LogP contribution >= 0.6 is 0 Å². The summed E-state index contributed by atoms with van der Waals surface area (Å²) in [6.07, 6.45) is -2.71. The second-order valence-electron chi connectivity index (χ2n) is 2.59. The van der Waals surface area contributed by atoms with Gasteiger partial charge in [0.15, 0.2) is 0 Å². The van der Waals surface area contributed by atoms with Crippen LogP contribution in [-0.4, -0.2) is 17.2 Å². The van der Waals surface area contributed by atoms with Crippen LogP contribution in [0.3, 0.4) is 0 Å². The molecule has 0 bridgehead atoms. The zero-order valence-corrected chi connectivity index (χ0v) is 7.50. The highest BCUT2D eigenvalue weighted by atomic mass is 19.3. The number of nitrogen functional groups attached to an aromatic ring is 1. The molecular formula is C8H10F2N2O2. The van der Waals surface area contributed by atoms with Gasteiger partial charge in [0.1, 0.15) is 11.4 Å². The van der Waals surface area contributed by atoms with Gasteiger partial charge in [0.2, 0.25) is 5.88 Å². The third kappa shape index (κ3) is 1.90. The van der Waals surface area contributed by atoms with Crippen molar-refractivity contribution in [2.75, 3.05) is 12.8 Å². The fraction of sp³-hybridized carbons (Fsp3) is 0.375. The van der Waals surface area contributed by atoms with Crippen molar-refractivity contribution < 1.29 is 18.6 Å². The molecule has 0 saturated carbocycles. The first kappa shape index (κ1) is 10.6. The predicted molar refractivity (Wildman–Crippen MR) is 46.1 cm³/mol. The number of hydrogen-bond donors (Lipinski definition) is 2. The molecule has 0 aliphatic rings. The average molecular weight is 204 g/mol. The van der Waals surface area contributed by atoms with Crippen LogP contribution in [0.15, 0.2) is 6.07 Å². The molecule has 78 valence electrons. The summed E-state index contributed by atoms with van der Waals surface area (Å²) in [7, 11) is 1.27. The van der Waals surface area contributed by atoms with Crippen molar-refractivity contribution in [3.8, 4) is 5.88 Å². The molecule has 3 N–H and O–H groups in total. The molecule has 1 rings (SSSR count). The first-order valence-electron chi connectivity index (χ1n) is 3.82. The fourth-order valence-corrected chi connectivity index (χ4v) is 1.00. The van der Waals surface area contributed by atoms with Crippen molar-refractivity contribution in [3.05, 3.63) is 17.3 Å². The molecule has 0 aromatic carbocycles. The smallest absolute Gasteiger partial charge is 0.280 e. The van der Waals surface area contributed by atoms with Gasteiger partial charge in [-0.05, 0) is 6.07 Å². The fourth-order valence-electron chi connectivity index (χ4n) is 1.00. The van der Waals surface area contributed by atoms with Crippen molar-refractivity contribution in [3.63, 3.8) is 0 Å². The van der Waals surface area contributed by atoms with E-state index in [0.717, 1.165) is 6.07 Å². The minimum atomic E-state index is -2.71. The molecule has 1 aromatic heterocycles. The Morgan fingerprint density at radius 2 is 2.29 bits per heavy atom. The van der Waals surface area contributed by atoms with Crippen LogP contribution < -0.4 is 10.5 Å². The van der Waals surface area contributed by atoms with E-state index in [2.05, 4.69) is 4.98 Å². The largest absolute Gasteiger partial charge is 0.480 e. The van der Waals surface area contributed by atoms with Gasteiger partial charge in [0.25, 0.3) is 6.43 Å². The number of anilines is 1. The lowest BCUT2D eigenvalue weighted by Gasteiger charge is -2.09. The number of hydrogen-bond acceptors (Lipinski definition) is 4. The Morgan fingerprint density at radius 3 is 2.71 bits per heavy atom. The Hall–Kier alpha value is -1.43. The molecule has 1 aromatic rings. The van der Waals surface area contributed by atoms with Crippen LogP contribution in [-0.2, 0) is 6.61 Å². The Bertz CT molecular complexity index is 306. The molecule has 4 nitrogen and oxygen atoms in total. The monoisotopic (exact) mass is 204 g/mol. The highest BCUT2D eigenvalue weighted by molar-refractivity contribution is 5.55. The van der Waals surface area contributed by atoms with Gasteiger partial charge in [-0.3, -0.25) is 0 Å². The van der Waals surface area contributed by atoms with Gasteiger partial charge in [-0.1, -0.05) is 0 Å². The summed E-state index contributed by atoms with van der Waals surface area (Å²) in [4.78, 5) is 3.49. The minimum absolute atomic E-state index is 0.0828. The Kier molecular flexibility index (Phi) is 3.19. The average Bonchev–Trinajstić information content (AvgIpc) is 2.17. The highest BCUT2D eigenvalue weighted by Crippen LogP contribution is 2.28. The minimum Gasteiger partial charge on any atom is -0.480 e. The van der Waals surface area contributed by atoms with Crippen LogP contribution in [0.2, 0.25) is 0 Å². The Labute approximate surface area is 79.3 Å². The van der Waals surface area contributed by atoms with Gasteiger partial charge in [-0.2, -0.15) is 0 Å². The summed E-state index contributed by atoms with van der Waals surface area (Å²) in [5.74, 6) is -0.0909. The van der Waals surface area contributed by atoms with Crippen LogP contribution in [0.25, 0.3) is 0 Å². The van der Waals surface area contributed by atoms with Gasteiger partial charge in [-0.15, -0.1) is 0 Å². The SMILES string of the molecule is COc1nc(C(F)F)cc(CO)c1N. The molecule has 0 spiro atoms. The lowest BCUT2D eigenvalue weighted by Crippen LogP contribution is -2.04. The van der Waals surface area contributed by atoms with E-state index in [-0.39, 0.29) is 17.1 Å². The summed E-state index contributed by atoms with van der Waals surface area (Å²) < 4.78 is 29.3. The van der Waals surface area contributed by atoms with E-state index in [0.29, 0.717) is 0 Å². The van der Waals surface area contributed by atoms with E-state index in [1.54, 1.807) is 0 Å². The predicted octanol–water partition coefficient (Wildman–Crippen LogP) is 1.10. The number of nitrogens with two attached hydrogens (primary N) is 1. The van der Waals surface area contributed by atoms with Crippen LogP contribution in [0.5, 0.6) is 5.88 Å². The van der Waals surface area contributed by atoms with Crippen LogP contribution in [0, 0.1) is 0 Å². The number of aliphatic hydroxyl groups excluding tert-OH is 1. The lowest BCUT2D eigenvalue weighted by atomic mass is 10.2. The molecule has 0 fully saturated rings. The van der Waals surface area contributed by atoms with Gasteiger partial charge in [0, 0.05) is 5.56 Å². The quantitative estimate of drug-likeness (QED) is 0.773. The number of aromatic nitrogens is 1. The summed E-state index contributed by atoms with van der Waals surface area (Å²) in [6, 6.07) is 1.06. The van der Waals surface area contributed by atoms with E-state index in [1.807, 2.05) is 0 Å². The number of nitrogens with zero attached hydrogens (tertiary/aromatic N) is 1.